The van der Waals surface area contributed by atoms with Crippen LogP contribution >= 0.6 is 12.2 Å². The Labute approximate surface area is 208 Å². The number of alkyl halides is 3. The van der Waals surface area contributed by atoms with E-state index in [0.717, 1.165) is 17.5 Å². The molecule has 0 saturated carbocycles. The highest BCUT2D eigenvalue weighted by Crippen LogP contribution is 2.42. The first-order valence-corrected chi connectivity index (χ1v) is 12.2. The van der Waals surface area contributed by atoms with Crippen LogP contribution in [0.5, 0.6) is 5.75 Å². The number of thiocarbonyl (C=S) groups is 1. The molecule has 3 unspecified atom stereocenters. The molecule has 1 heterocycles. The average Bonchev–Trinajstić information content (AvgIpc) is 2.72. The number of amides is 2. The third-order valence-electron chi connectivity index (χ3n) is 5.85. The summed E-state index contributed by atoms with van der Waals surface area (Å²) < 4.78 is 50.9. The van der Waals surface area contributed by atoms with Gasteiger partial charge in [-0.05, 0) is 76.6 Å². The minimum absolute atomic E-state index is 0.126. The van der Waals surface area contributed by atoms with Crippen LogP contribution < -0.4 is 15.4 Å². The second-order valence-electron chi connectivity index (χ2n) is 9.87. The molecule has 1 aromatic carbocycles. The third-order valence-corrected chi connectivity index (χ3v) is 6.28. The van der Waals surface area contributed by atoms with E-state index in [1.54, 1.807) is 27.7 Å². The van der Waals surface area contributed by atoms with Crippen LogP contribution in [0.2, 0.25) is 0 Å². The zero-order valence-electron chi connectivity index (χ0n) is 20.5. The SMILES string of the molecule is CCCC(NC(=O)C(F)(F)F)N(C(=O)OC(C)(C)C)C1CCCc2cc3c(cc21)NC(=S)C(C)O3. The van der Waals surface area contributed by atoms with Crippen LogP contribution in [0.25, 0.3) is 0 Å². The lowest BCUT2D eigenvalue weighted by Crippen LogP contribution is -2.56. The molecule has 7 nitrogen and oxygen atoms in total. The number of hydrogen-bond donors (Lipinski definition) is 2. The molecule has 0 spiro atoms. The molecule has 2 amide bonds. The Kier molecular flexibility index (Phi) is 7.88. The Balaban J connectivity index is 2.07. The van der Waals surface area contributed by atoms with Crippen molar-refractivity contribution in [2.24, 2.45) is 0 Å². The van der Waals surface area contributed by atoms with Gasteiger partial charge in [0, 0.05) is 0 Å². The molecule has 35 heavy (non-hydrogen) atoms. The summed E-state index contributed by atoms with van der Waals surface area (Å²) in [6.45, 7) is 8.65. The Morgan fingerprint density at radius 1 is 1.31 bits per heavy atom. The van der Waals surface area contributed by atoms with E-state index in [1.165, 1.54) is 4.90 Å². The smallest absolute Gasteiger partial charge is 0.471 e. The maximum Gasteiger partial charge on any atom is 0.471 e. The van der Waals surface area contributed by atoms with Crippen LogP contribution in [-0.4, -0.2) is 45.9 Å². The number of halogens is 3. The summed E-state index contributed by atoms with van der Waals surface area (Å²) in [6.07, 6.45) is -4.89. The molecule has 194 valence electrons. The van der Waals surface area contributed by atoms with Crippen molar-refractivity contribution in [3.05, 3.63) is 23.3 Å². The molecular weight excluding hydrogens is 483 g/mol. The Bertz CT molecular complexity index is 993. The number of nitrogens with zero attached hydrogens (tertiary/aromatic N) is 1. The molecule has 0 radical (unpaired) electrons. The van der Waals surface area contributed by atoms with E-state index < -0.39 is 36.0 Å². The summed E-state index contributed by atoms with van der Waals surface area (Å²) in [5, 5.41) is 5.17. The molecule has 3 atom stereocenters. The normalized spacial score (nSPS) is 20.5. The molecule has 3 rings (SSSR count). The Morgan fingerprint density at radius 2 is 2.00 bits per heavy atom. The van der Waals surface area contributed by atoms with Crippen LogP contribution in [0.1, 0.15) is 77.5 Å². The lowest BCUT2D eigenvalue weighted by Gasteiger charge is -2.42. The van der Waals surface area contributed by atoms with Crippen LogP contribution in [-0.2, 0) is 16.0 Å². The van der Waals surface area contributed by atoms with E-state index in [-0.39, 0.29) is 12.5 Å². The van der Waals surface area contributed by atoms with Crippen molar-refractivity contribution < 1.29 is 32.2 Å². The fourth-order valence-electron chi connectivity index (χ4n) is 4.34. The molecular formula is C24H32F3N3O4S. The molecule has 2 aliphatic rings. The molecule has 1 aliphatic heterocycles. The van der Waals surface area contributed by atoms with Gasteiger partial charge in [0.15, 0.2) is 0 Å². The fraction of sp³-hybridized carbons (Fsp3) is 0.625. The molecule has 0 bridgehead atoms. The summed E-state index contributed by atoms with van der Waals surface area (Å²) in [6, 6.07) is 3.11. The Hall–Kier alpha value is -2.56. The van der Waals surface area contributed by atoms with Gasteiger partial charge in [-0.25, -0.2) is 4.79 Å². The quantitative estimate of drug-likeness (QED) is 0.391. The minimum atomic E-state index is -5.08. The molecule has 0 saturated heterocycles. The third kappa shape index (κ3) is 6.36. The Morgan fingerprint density at radius 3 is 2.60 bits per heavy atom. The first-order valence-electron chi connectivity index (χ1n) is 11.7. The fourth-order valence-corrected chi connectivity index (χ4v) is 4.50. The molecule has 11 heteroatoms. The maximum absolute atomic E-state index is 13.4. The number of benzene rings is 1. The van der Waals surface area contributed by atoms with Gasteiger partial charge in [0.2, 0.25) is 0 Å². The standard InChI is InChI=1S/C24H32F3N3O4S/c1-6-8-19(29-21(31)24(25,26)27)30(22(32)34-23(3,4)5)17-10-7-9-14-11-18-16(12-15(14)17)28-20(35)13(2)33-18/h11-13,17,19H,6-10H2,1-5H3,(H,28,35)(H,29,31). The second-order valence-corrected chi connectivity index (χ2v) is 10.3. The van der Waals surface area contributed by atoms with Crippen molar-refractivity contribution in [3.63, 3.8) is 0 Å². The first-order chi connectivity index (χ1) is 16.2. The van der Waals surface area contributed by atoms with E-state index in [1.807, 2.05) is 24.4 Å². The summed E-state index contributed by atoms with van der Waals surface area (Å²) in [5.74, 6) is -1.47. The lowest BCUT2D eigenvalue weighted by atomic mass is 9.85. The predicted molar refractivity (Wildman–Crippen MR) is 129 cm³/mol. The number of aryl methyl sites for hydroxylation is 1. The van der Waals surface area contributed by atoms with Gasteiger partial charge < -0.3 is 20.1 Å². The predicted octanol–water partition coefficient (Wildman–Crippen LogP) is 5.63. The molecule has 1 aliphatic carbocycles. The second kappa shape index (κ2) is 10.2. The van der Waals surface area contributed by atoms with E-state index in [0.29, 0.717) is 35.7 Å². The highest BCUT2D eigenvalue weighted by molar-refractivity contribution is 7.80. The highest BCUT2D eigenvalue weighted by atomic mass is 32.1. The highest BCUT2D eigenvalue weighted by Gasteiger charge is 2.44. The number of carbonyl (C=O) groups is 2. The van der Waals surface area contributed by atoms with Crippen LogP contribution in [0.4, 0.5) is 23.7 Å². The van der Waals surface area contributed by atoms with Crippen molar-refractivity contribution in [2.45, 2.75) is 96.8 Å². The lowest BCUT2D eigenvalue weighted by molar-refractivity contribution is -0.175. The number of nitrogens with one attached hydrogen (secondary N) is 2. The van der Waals surface area contributed by atoms with Crippen LogP contribution in [0.15, 0.2) is 12.1 Å². The number of rotatable bonds is 5. The van der Waals surface area contributed by atoms with Gasteiger partial charge in [0.05, 0.1) is 11.7 Å². The zero-order valence-corrected chi connectivity index (χ0v) is 21.4. The number of carbonyl (C=O) groups excluding carboxylic acids is 2. The van der Waals surface area contributed by atoms with Crippen molar-refractivity contribution in [1.29, 1.82) is 0 Å². The summed E-state index contributed by atoms with van der Waals surface area (Å²) in [7, 11) is 0. The average molecular weight is 516 g/mol. The maximum atomic E-state index is 13.4. The summed E-state index contributed by atoms with van der Waals surface area (Å²) >= 11 is 5.33. The van der Waals surface area contributed by atoms with E-state index in [4.69, 9.17) is 21.7 Å². The number of hydrogen-bond acceptors (Lipinski definition) is 5. The number of anilines is 1. The van der Waals surface area contributed by atoms with Crippen molar-refractivity contribution in [1.82, 2.24) is 10.2 Å². The van der Waals surface area contributed by atoms with Gasteiger partial charge in [-0.2, -0.15) is 13.2 Å². The molecule has 2 N–H and O–H groups in total. The molecule has 0 aromatic heterocycles. The number of fused-ring (bicyclic) bond motifs is 2. The van der Waals surface area contributed by atoms with Gasteiger partial charge >= 0.3 is 18.2 Å². The van der Waals surface area contributed by atoms with Crippen LogP contribution in [0.3, 0.4) is 0 Å². The largest absolute Gasteiger partial charge is 0.481 e. The van der Waals surface area contributed by atoms with Gasteiger partial charge in [-0.1, -0.05) is 25.6 Å². The van der Waals surface area contributed by atoms with Crippen molar-refractivity contribution in [3.8, 4) is 5.75 Å². The topological polar surface area (TPSA) is 79.9 Å². The first kappa shape index (κ1) is 27.0. The van der Waals surface area contributed by atoms with Gasteiger partial charge in [0.25, 0.3) is 0 Å². The van der Waals surface area contributed by atoms with Gasteiger partial charge in [0.1, 0.15) is 28.6 Å². The van der Waals surface area contributed by atoms with E-state index >= 15 is 0 Å². The van der Waals surface area contributed by atoms with Gasteiger partial charge in [-0.15, -0.1) is 0 Å². The van der Waals surface area contributed by atoms with Crippen LogP contribution in [0, 0.1) is 0 Å². The monoisotopic (exact) mass is 515 g/mol. The molecule has 1 aromatic rings. The zero-order chi connectivity index (χ0) is 26.1. The minimum Gasteiger partial charge on any atom is -0.481 e. The van der Waals surface area contributed by atoms with E-state index in [2.05, 4.69) is 5.32 Å². The molecule has 0 fully saturated rings. The van der Waals surface area contributed by atoms with E-state index in [9.17, 15) is 22.8 Å². The van der Waals surface area contributed by atoms with Gasteiger partial charge in [-0.3, -0.25) is 9.69 Å². The number of ether oxygens (including phenoxy) is 2. The van der Waals surface area contributed by atoms with Crippen molar-refractivity contribution >= 4 is 34.9 Å². The summed E-state index contributed by atoms with van der Waals surface area (Å²) in [5.41, 5.74) is 1.43. The summed E-state index contributed by atoms with van der Waals surface area (Å²) in [4.78, 5) is 27.1. The van der Waals surface area contributed by atoms with Crippen molar-refractivity contribution in [2.75, 3.05) is 5.32 Å².